The summed E-state index contributed by atoms with van der Waals surface area (Å²) in [5.41, 5.74) is 8.20. The fourth-order valence-corrected chi connectivity index (χ4v) is 2.35. The lowest BCUT2D eigenvalue weighted by Gasteiger charge is -2.04. The van der Waals surface area contributed by atoms with E-state index in [1.165, 1.54) is 0 Å². The Labute approximate surface area is 132 Å². The molecule has 0 aliphatic heterocycles. The molecule has 0 atom stereocenters. The Hall–Kier alpha value is -2.04. The van der Waals surface area contributed by atoms with Crippen LogP contribution in [-0.4, -0.2) is 14.8 Å². The highest BCUT2D eigenvalue weighted by Crippen LogP contribution is 2.22. The van der Waals surface area contributed by atoms with Gasteiger partial charge in [0.2, 0.25) is 0 Å². The number of aromatic nitrogens is 3. The van der Waals surface area contributed by atoms with Gasteiger partial charge in [0.1, 0.15) is 6.33 Å². The highest BCUT2D eigenvalue weighted by Gasteiger charge is 2.07. The molecule has 0 fully saturated rings. The number of benzene rings is 2. The highest BCUT2D eigenvalue weighted by atomic mass is 35.5. The molecule has 6 heteroatoms. The Morgan fingerprint density at radius 2 is 1.81 bits per heavy atom. The SMILES string of the molecule is Nc1ccc(-c2ncn(Cc3cc(Cl)ccc3Cl)n2)cc1. The zero-order valence-electron chi connectivity index (χ0n) is 11.0. The van der Waals surface area contributed by atoms with Crippen molar-refractivity contribution in [2.24, 2.45) is 0 Å². The fourth-order valence-electron chi connectivity index (χ4n) is 1.97. The molecule has 0 saturated carbocycles. The number of nitrogens with zero attached hydrogens (tertiary/aromatic N) is 3. The molecule has 0 spiro atoms. The number of anilines is 1. The molecule has 4 nitrogen and oxygen atoms in total. The molecule has 0 saturated heterocycles. The molecule has 21 heavy (non-hydrogen) atoms. The number of nitrogen functional groups attached to an aromatic ring is 1. The fraction of sp³-hybridized carbons (Fsp3) is 0.0667. The lowest BCUT2D eigenvalue weighted by atomic mass is 10.2. The van der Waals surface area contributed by atoms with Gasteiger partial charge in [0, 0.05) is 21.3 Å². The summed E-state index contributed by atoms with van der Waals surface area (Å²) in [7, 11) is 0. The van der Waals surface area contributed by atoms with Crippen LogP contribution in [0.25, 0.3) is 11.4 Å². The molecule has 0 radical (unpaired) electrons. The molecule has 2 aromatic carbocycles. The summed E-state index contributed by atoms with van der Waals surface area (Å²) in [5.74, 6) is 0.646. The maximum atomic E-state index is 6.15. The monoisotopic (exact) mass is 318 g/mol. The van der Waals surface area contributed by atoms with Crippen LogP contribution < -0.4 is 5.73 Å². The second-order valence-electron chi connectivity index (χ2n) is 4.62. The minimum absolute atomic E-state index is 0.515. The first kappa shape index (κ1) is 13.9. The maximum absolute atomic E-state index is 6.15. The number of rotatable bonds is 3. The molecule has 0 aliphatic carbocycles. The van der Waals surface area contributed by atoms with Gasteiger partial charge in [-0.25, -0.2) is 9.67 Å². The van der Waals surface area contributed by atoms with E-state index in [0.717, 1.165) is 11.1 Å². The standard InChI is InChI=1S/C15H12Cl2N4/c16-12-3-6-14(17)11(7-12)8-21-9-19-15(20-21)10-1-4-13(18)5-2-10/h1-7,9H,8,18H2. The lowest BCUT2D eigenvalue weighted by Crippen LogP contribution is -2.01. The number of hydrogen-bond donors (Lipinski definition) is 1. The van der Waals surface area contributed by atoms with Crippen molar-refractivity contribution >= 4 is 28.9 Å². The smallest absolute Gasteiger partial charge is 0.181 e. The van der Waals surface area contributed by atoms with Gasteiger partial charge in [0.25, 0.3) is 0 Å². The van der Waals surface area contributed by atoms with Crippen LogP contribution in [0.15, 0.2) is 48.8 Å². The largest absolute Gasteiger partial charge is 0.399 e. The second kappa shape index (κ2) is 5.76. The third-order valence-corrected chi connectivity index (χ3v) is 3.65. The van der Waals surface area contributed by atoms with Gasteiger partial charge < -0.3 is 5.73 Å². The summed E-state index contributed by atoms with van der Waals surface area (Å²) in [6.45, 7) is 0.515. The summed E-state index contributed by atoms with van der Waals surface area (Å²) < 4.78 is 1.73. The maximum Gasteiger partial charge on any atom is 0.181 e. The van der Waals surface area contributed by atoms with Gasteiger partial charge >= 0.3 is 0 Å². The molecule has 1 aromatic heterocycles. The summed E-state index contributed by atoms with van der Waals surface area (Å²) in [5, 5.41) is 5.74. The normalized spacial score (nSPS) is 10.8. The van der Waals surface area contributed by atoms with Crippen LogP contribution in [0.2, 0.25) is 10.0 Å². The van der Waals surface area contributed by atoms with Gasteiger partial charge in [-0.15, -0.1) is 0 Å². The van der Waals surface area contributed by atoms with Crippen LogP contribution >= 0.6 is 23.2 Å². The topological polar surface area (TPSA) is 56.7 Å². The molecule has 1 heterocycles. The molecule has 0 amide bonds. The third-order valence-electron chi connectivity index (χ3n) is 3.05. The molecule has 0 bridgehead atoms. The highest BCUT2D eigenvalue weighted by molar-refractivity contribution is 6.33. The van der Waals surface area contributed by atoms with Crippen molar-refractivity contribution in [3.63, 3.8) is 0 Å². The quantitative estimate of drug-likeness (QED) is 0.745. The van der Waals surface area contributed by atoms with Crippen molar-refractivity contribution < 1.29 is 0 Å². The van der Waals surface area contributed by atoms with E-state index in [9.17, 15) is 0 Å². The van der Waals surface area contributed by atoms with Crippen LogP contribution in [0.5, 0.6) is 0 Å². The first-order valence-corrected chi connectivity index (χ1v) is 7.07. The van der Waals surface area contributed by atoms with Crippen molar-refractivity contribution in [1.29, 1.82) is 0 Å². The van der Waals surface area contributed by atoms with E-state index < -0.39 is 0 Å². The first-order chi connectivity index (χ1) is 10.1. The van der Waals surface area contributed by atoms with E-state index in [1.807, 2.05) is 30.3 Å². The lowest BCUT2D eigenvalue weighted by molar-refractivity contribution is 0.687. The predicted molar refractivity (Wildman–Crippen MR) is 85.4 cm³/mol. The Balaban J connectivity index is 1.85. The zero-order chi connectivity index (χ0) is 14.8. The molecule has 106 valence electrons. The van der Waals surface area contributed by atoms with E-state index in [4.69, 9.17) is 28.9 Å². The summed E-state index contributed by atoms with van der Waals surface area (Å²) >= 11 is 12.1. The van der Waals surface area contributed by atoms with Gasteiger partial charge in [-0.3, -0.25) is 0 Å². The van der Waals surface area contributed by atoms with E-state index in [2.05, 4.69) is 10.1 Å². The average molecular weight is 319 g/mol. The predicted octanol–water partition coefficient (Wildman–Crippen LogP) is 3.88. The molecular formula is C15H12Cl2N4. The number of hydrogen-bond acceptors (Lipinski definition) is 3. The van der Waals surface area contributed by atoms with Gasteiger partial charge in [-0.1, -0.05) is 23.2 Å². The molecule has 3 rings (SSSR count). The van der Waals surface area contributed by atoms with E-state index in [-0.39, 0.29) is 0 Å². The van der Waals surface area contributed by atoms with E-state index >= 15 is 0 Å². The molecule has 2 N–H and O–H groups in total. The molecule has 3 aromatic rings. The van der Waals surface area contributed by atoms with Crippen LogP contribution in [0.3, 0.4) is 0 Å². The Morgan fingerprint density at radius 1 is 1.05 bits per heavy atom. The average Bonchev–Trinajstić information content (AvgIpc) is 2.92. The molecular weight excluding hydrogens is 307 g/mol. The van der Waals surface area contributed by atoms with E-state index in [0.29, 0.717) is 28.1 Å². The van der Waals surface area contributed by atoms with Crippen molar-refractivity contribution in [2.75, 3.05) is 5.73 Å². The van der Waals surface area contributed by atoms with Gasteiger partial charge in [0.05, 0.1) is 6.54 Å². The summed E-state index contributed by atoms with van der Waals surface area (Å²) in [4.78, 5) is 4.30. The Kier molecular flexibility index (Phi) is 3.82. The van der Waals surface area contributed by atoms with Gasteiger partial charge in [0.15, 0.2) is 5.82 Å². The first-order valence-electron chi connectivity index (χ1n) is 6.31. The summed E-state index contributed by atoms with van der Waals surface area (Å²) in [6.07, 6.45) is 1.67. The number of nitrogens with two attached hydrogens (primary N) is 1. The Bertz CT molecular complexity index is 766. The van der Waals surface area contributed by atoms with E-state index in [1.54, 1.807) is 23.1 Å². The zero-order valence-corrected chi connectivity index (χ0v) is 12.5. The Morgan fingerprint density at radius 3 is 2.57 bits per heavy atom. The van der Waals surface area contributed by atoms with Crippen molar-refractivity contribution in [1.82, 2.24) is 14.8 Å². The van der Waals surface area contributed by atoms with Crippen LogP contribution in [-0.2, 0) is 6.54 Å². The second-order valence-corrected chi connectivity index (χ2v) is 5.47. The van der Waals surface area contributed by atoms with Gasteiger partial charge in [-0.2, -0.15) is 5.10 Å². The third kappa shape index (κ3) is 3.17. The van der Waals surface area contributed by atoms with Crippen molar-refractivity contribution in [2.45, 2.75) is 6.54 Å². The van der Waals surface area contributed by atoms with Gasteiger partial charge in [-0.05, 0) is 48.0 Å². The molecule has 0 aliphatic rings. The van der Waals surface area contributed by atoms with Crippen LogP contribution in [0.4, 0.5) is 5.69 Å². The van der Waals surface area contributed by atoms with Crippen molar-refractivity contribution in [3.8, 4) is 11.4 Å². The van der Waals surface area contributed by atoms with Crippen LogP contribution in [0.1, 0.15) is 5.56 Å². The number of halogens is 2. The molecule has 0 unspecified atom stereocenters. The minimum atomic E-state index is 0.515. The van der Waals surface area contributed by atoms with Crippen LogP contribution in [0, 0.1) is 0 Å². The summed E-state index contributed by atoms with van der Waals surface area (Å²) in [6, 6.07) is 12.8. The van der Waals surface area contributed by atoms with Crippen molar-refractivity contribution in [3.05, 3.63) is 64.4 Å². The minimum Gasteiger partial charge on any atom is -0.399 e.